The van der Waals surface area contributed by atoms with E-state index in [4.69, 9.17) is 4.74 Å². The van der Waals surface area contributed by atoms with Crippen LogP contribution in [0, 0.1) is 13.8 Å². The van der Waals surface area contributed by atoms with Gasteiger partial charge < -0.3 is 10.1 Å². The minimum absolute atomic E-state index is 0.807. The first-order chi connectivity index (χ1) is 8.72. The molecule has 0 heterocycles. The summed E-state index contributed by atoms with van der Waals surface area (Å²) in [6, 6.07) is 14.3. The SMILES string of the molecule is CNCc1ccccc1Oc1c(C)cccc1C. The van der Waals surface area contributed by atoms with E-state index in [2.05, 4.69) is 43.4 Å². The van der Waals surface area contributed by atoms with Crippen LogP contribution < -0.4 is 10.1 Å². The fraction of sp³-hybridized carbons (Fsp3) is 0.250. The highest BCUT2D eigenvalue weighted by atomic mass is 16.5. The lowest BCUT2D eigenvalue weighted by Crippen LogP contribution is -2.06. The minimum Gasteiger partial charge on any atom is -0.456 e. The van der Waals surface area contributed by atoms with E-state index in [1.165, 1.54) is 5.56 Å². The van der Waals surface area contributed by atoms with Gasteiger partial charge in [0.15, 0.2) is 0 Å². The standard InChI is InChI=1S/C16H19NO/c1-12-7-6-8-13(2)16(12)18-15-10-5-4-9-14(15)11-17-3/h4-10,17H,11H2,1-3H3. The van der Waals surface area contributed by atoms with E-state index < -0.39 is 0 Å². The van der Waals surface area contributed by atoms with Gasteiger partial charge in [-0.15, -0.1) is 0 Å². The van der Waals surface area contributed by atoms with Crippen LogP contribution in [0.4, 0.5) is 0 Å². The number of ether oxygens (including phenoxy) is 1. The Morgan fingerprint density at radius 2 is 1.61 bits per heavy atom. The molecule has 0 saturated carbocycles. The molecule has 0 amide bonds. The van der Waals surface area contributed by atoms with Gasteiger partial charge in [-0.3, -0.25) is 0 Å². The Balaban J connectivity index is 2.34. The van der Waals surface area contributed by atoms with E-state index in [1.807, 2.05) is 25.2 Å². The number of rotatable bonds is 4. The highest BCUT2D eigenvalue weighted by Gasteiger charge is 2.07. The molecule has 2 heteroatoms. The van der Waals surface area contributed by atoms with Gasteiger partial charge in [-0.1, -0.05) is 36.4 Å². The predicted molar refractivity (Wildman–Crippen MR) is 75.2 cm³/mol. The second-order valence-electron chi connectivity index (χ2n) is 4.46. The molecule has 0 radical (unpaired) electrons. The second-order valence-corrected chi connectivity index (χ2v) is 4.46. The van der Waals surface area contributed by atoms with Gasteiger partial charge in [0.25, 0.3) is 0 Å². The number of hydrogen-bond acceptors (Lipinski definition) is 2. The lowest BCUT2D eigenvalue weighted by atomic mass is 10.1. The maximum absolute atomic E-state index is 6.08. The predicted octanol–water partition coefficient (Wildman–Crippen LogP) is 3.82. The molecule has 0 atom stereocenters. The monoisotopic (exact) mass is 241 g/mol. The molecule has 2 aromatic carbocycles. The van der Waals surface area contributed by atoms with Crippen molar-refractivity contribution in [1.29, 1.82) is 0 Å². The third-order valence-electron chi connectivity index (χ3n) is 2.96. The quantitative estimate of drug-likeness (QED) is 0.878. The molecule has 0 unspecified atom stereocenters. The fourth-order valence-corrected chi connectivity index (χ4v) is 2.01. The van der Waals surface area contributed by atoms with Crippen LogP contribution in [0.3, 0.4) is 0 Å². The van der Waals surface area contributed by atoms with Crippen molar-refractivity contribution >= 4 is 0 Å². The summed E-state index contributed by atoms with van der Waals surface area (Å²) in [5.41, 5.74) is 3.49. The molecule has 0 spiro atoms. The molecule has 0 aliphatic heterocycles. The summed E-state index contributed by atoms with van der Waals surface area (Å²) in [5, 5.41) is 3.16. The first-order valence-corrected chi connectivity index (χ1v) is 6.19. The third-order valence-corrected chi connectivity index (χ3v) is 2.96. The van der Waals surface area contributed by atoms with E-state index in [0.717, 1.165) is 29.2 Å². The molecule has 0 fully saturated rings. The van der Waals surface area contributed by atoms with Gasteiger partial charge in [-0.2, -0.15) is 0 Å². The Morgan fingerprint density at radius 1 is 0.944 bits per heavy atom. The smallest absolute Gasteiger partial charge is 0.133 e. The van der Waals surface area contributed by atoms with Crippen LogP contribution in [0.25, 0.3) is 0 Å². The molecule has 2 aromatic rings. The van der Waals surface area contributed by atoms with Gasteiger partial charge >= 0.3 is 0 Å². The van der Waals surface area contributed by atoms with Gasteiger partial charge in [0.1, 0.15) is 11.5 Å². The van der Waals surface area contributed by atoms with E-state index in [1.54, 1.807) is 0 Å². The van der Waals surface area contributed by atoms with E-state index in [-0.39, 0.29) is 0 Å². The lowest BCUT2D eigenvalue weighted by molar-refractivity contribution is 0.467. The first-order valence-electron chi connectivity index (χ1n) is 6.19. The van der Waals surface area contributed by atoms with E-state index >= 15 is 0 Å². The van der Waals surface area contributed by atoms with Gasteiger partial charge in [0.05, 0.1) is 0 Å². The van der Waals surface area contributed by atoms with Crippen molar-refractivity contribution in [1.82, 2.24) is 5.32 Å². The first kappa shape index (κ1) is 12.7. The normalized spacial score (nSPS) is 10.4. The molecule has 0 bridgehead atoms. The molecule has 0 aliphatic carbocycles. The number of para-hydroxylation sites is 2. The Labute approximate surface area is 109 Å². The van der Waals surface area contributed by atoms with Crippen molar-refractivity contribution in [2.24, 2.45) is 0 Å². The highest BCUT2D eigenvalue weighted by molar-refractivity contribution is 5.45. The zero-order valence-corrected chi connectivity index (χ0v) is 11.2. The van der Waals surface area contributed by atoms with E-state index in [9.17, 15) is 0 Å². The van der Waals surface area contributed by atoms with Crippen LogP contribution in [-0.2, 0) is 6.54 Å². The topological polar surface area (TPSA) is 21.3 Å². The Kier molecular flexibility index (Phi) is 4.00. The van der Waals surface area contributed by atoms with Gasteiger partial charge in [0.2, 0.25) is 0 Å². The molecule has 94 valence electrons. The summed E-state index contributed by atoms with van der Waals surface area (Å²) in [7, 11) is 1.94. The summed E-state index contributed by atoms with van der Waals surface area (Å²) in [6.07, 6.45) is 0. The van der Waals surface area contributed by atoms with Crippen LogP contribution in [0.2, 0.25) is 0 Å². The van der Waals surface area contributed by atoms with Gasteiger partial charge in [-0.05, 0) is 38.1 Å². The Bertz CT molecular complexity index is 514. The minimum atomic E-state index is 0.807. The maximum Gasteiger partial charge on any atom is 0.133 e. The molecule has 0 aromatic heterocycles. The van der Waals surface area contributed by atoms with E-state index in [0.29, 0.717) is 0 Å². The largest absolute Gasteiger partial charge is 0.456 e. The van der Waals surface area contributed by atoms with Crippen LogP contribution in [-0.4, -0.2) is 7.05 Å². The lowest BCUT2D eigenvalue weighted by Gasteiger charge is -2.14. The molecular formula is C16H19NO. The summed E-state index contributed by atoms with van der Waals surface area (Å²) < 4.78 is 6.08. The molecular weight excluding hydrogens is 222 g/mol. The zero-order valence-electron chi connectivity index (χ0n) is 11.2. The van der Waals surface area contributed by atoms with Crippen LogP contribution in [0.15, 0.2) is 42.5 Å². The van der Waals surface area contributed by atoms with Gasteiger partial charge in [-0.25, -0.2) is 0 Å². The Morgan fingerprint density at radius 3 is 2.28 bits per heavy atom. The highest BCUT2D eigenvalue weighted by Crippen LogP contribution is 2.30. The Hall–Kier alpha value is -1.80. The molecule has 0 aliphatic rings. The zero-order chi connectivity index (χ0) is 13.0. The van der Waals surface area contributed by atoms with Crippen LogP contribution in [0.5, 0.6) is 11.5 Å². The average molecular weight is 241 g/mol. The van der Waals surface area contributed by atoms with Crippen molar-refractivity contribution < 1.29 is 4.74 Å². The van der Waals surface area contributed by atoms with Crippen LogP contribution in [0.1, 0.15) is 16.7 Å². The van der Waals surface area contributed by atoms with Gasteiger partial charge in [0, 0.05) is 12.1 Å². The number of aryl methyl sites for hydroxylation is 2. The molecule has 2 nitrogen and oxygen atoms in total. The summed E-state index contributed by atoms with van der Waals surface area (Å²) >= 11 is 0. The van der Waals surface area contributed by atoms with Crippen LogP contribution >= 0.6 is 0 Å². The molecule has 2 rings (SSSR count). The second kappa shape index (κ2) is 5.69. The molecule has 1 N–H and O–H groups in total. The van der Waals surface area contributed by atoms with Crippen molar-refractivity contribution in [3.05, 3.63) is 59.2 Å². The molecule has 0 saturated heterocycles. The number of benzene rings is 2. The number of hydrogen-bond donors (Lipinski definition) is 1. The average Bonchev–Trinajstić information content (AvgIpc) is 2.36. The van der Waals surface area contributed by atoms with Crippen molar-refractivity contribution in [3.8, 4) is 11.5 Å². The summed E-state index contributed by atoms with van der Waals surface area (Å²) in [5.74, 6) is 1.88. The number of nitrogens with one attached hydrogen (secondary N) is 1. The third kappa shape index (κ3) is 2.71. The summed E-state index contributed by atoms with van der Waals surface area (Å²) in [4.78, 5) is 0. The fourth-order valence-electron chi connectivity index (χ4n) is 2.01. The van der Waals surface area contributed by atoms with Crippen molar-refractivity contribution in [3.63, 3.8) is 0 Å². The molecule has 18 heavy (non-hydrogen) atoms. The van der Waals surface area contributed by atoms with Crippen molar-refractivity contribution in [2.45, 2.75) is 20.4 Å². The maximum atomic E-state index is 6.08. The van der Waals surface area contributed by atoms with Crippen molar-refractivity contribution in [2.75, 3.05) is 7.05 Å². The summed E-state index contributed by atoms with van der Waals surface area (Å²) in [6.45, 7) is 4.95.